The van der Waals surface area contributed by atoms with Gasteiger partial charge in [0.15, 0.2) is 0 Å². The first kappa shape index (κ1) is 17.3. The van der Waals surface area contributed by atoms with Crippen molar-refractivity contribution in [2.45, 2.75) is 32.2 Å². The second-order valence-electron chi connectivity index (χ2n) is 6.45. The summed E-state index contributed by atoms with van der Waals surface area (Å²) in [6.45, 7) is 3.44. The number of benzene rings is 2. The van der Waals surface area contributed by atoms with E-state index in [1.54, 1.807) is 6.07 Å². The van der Waals surface area contributed by atoms with Gasteiger partial charge >= 0.3 is 0 Å². The molecule has 0 bridgehead atoms. The molecule has 1 aliphatic heterocycles. The number of aryl methyl sites for hydroxylation is 1. The molecule has 0 aromatic heterocycles. The van der Waals surface area contributed by atoms with Crippen molar-refractivity contribution in [2.75, 3.05) is 23.8 Å². The van der Waals surface area contributed by atoms with E-state index in [-0.39, 0.29) is 18.1 Å². The number of ether oxygens (including phenoxy) is 1. The summed E-state index contributed by atoms with van der Waals surface area (Å²) in [5, 5.41) is 16.1. The fraction of sp³-hybridized carbons (Fsp3) is 0.350. The number of hydrogen-bond acceptors (Lipinski definition) is 4. The van der Waals surface area contributed by atoms with Crippen LogP contribution in [0.2, 0.25) is 0 Å². The molecule has 132 valence electrons. The first-order chi connectivity index (χ1) is 12.1. The van der Waals surface area contributed by atoms with E-state index in [2.05, 4.69) is 10.6 Å². The lowest BCUT2D eigenvalue weighted by Gasteiger charge is -2.24. The van der Waals surface area contributed by atoms with Gasteiger partial charge in [-0.15, -0.1) is 0 Å². The Morgan fingerprint density at radius 2 is 1.80 bits per heavy atom. The third kappa shape index (κ3) is 4.97. The maximum Gasteiger partial charge on any atom is 0.228 e. The Balaban J connectivity index is 1.53. The third-order valence-corrected chi connectivity index (χ3v) is 4.40. The van der Waals surface area contributed by atoms with Gasteiger partial charge in [0.1, 0.15) is 5.75 Å². The number of anilines is 2. The molecule has 0 spiro atoms. The molecule has 1 amide bonds. The topological polar surface area (TPSA) is 70.6 Å². The monoisotopic (exact) mass is 340 g/mol. The molecule has 1 saturated heterocycles. The molecule has 25 heavy (non-hydrogen) atoms. The van der Waals surface area contributed by atoms with Crippen LogP contribution in [0.4, 0.5) is 11.4 Å². The molecule has 0 atom stereocenters. The van der Waals surface area contributed by atoms with Crippen molar-refractivity contribution in [3.05, 3.63) is 53.6 Å². The van der Waals surface area contributed by atoms with E-state index in [1.807, 2.05) is 43.3 Å². The van der Waals surface area contributed by atoms with Crippen molar-refractivity contribution in [1.82, 2.24) is 0 Å². The predicted molar refractivity (Wildman–Crippen MR) is 99.1 cm³/mol. The van der Waals surface area contributed by atoms with E-state index < -0.39 is 0 Å². The third-order valence-electron chi connectivity index (χ3n) is 4.40. The molecule has 0 unspecified atom stereocenters. The summed E-state index contributed by atoms with van der Waals surface area (Å²) < 4.78 is 5.36. The van der Waals surface area contributed by atoms with Crippen LogP contribution in [-0.4, -0.2) is 30.3 Å². The van der Waals surface area contributed by atoms with Gasteiger partial charge in [0.05, 0.1) is 6.42 Å². The molecule has 3 N–H and O–H groups in total. The van der Waals surface area contributed by atoms with Gasteiger partial charge in [-0.25, -0.2) is 0 Å². The highest BCUT2D eigenvalue weighted by atomic mass is 16.5. The van der Waals surface area contributed by atoms with Crippen LogP contribution in [0.25, 0.3) is 0 Å². The van der Waals surface area contributed by atoms with Crippen LogP contribution >= 0.6 is 0 Å². The van der Waals surface area contributed by atoms with Crippen LogP contribution in [0.5, 0.6) is 5.75 Å². The number of aromatic hydroxyl groups is 1. The van der Waals surface area contributed by atoms with Crippen molar-refractivity contribution in [3.8, 4) is 5.75 Å². The lowest BCUT2D eigenvalue weighted by atomic mass is 10.1. The highest BCUT2D eigenvalue weighted by molar-refractivity contribution is 5.92. The van der Waals surface area contributed by atoms with Crippen molar-refractivity contribution in [1.29, 1.82) is 0 Å². The largest absolute Gasteiger partial charge is 0.508 e. The van der Waals surface area contributed by atoms with E-state index in [1.165, 1.54) is 0 Å². The van der Waals surface area contributed by atoms with Gasteiger partial charge in [0.25, 0.3) is 0 Å². The van der Waals surface area contributed by atoms with Crippen molar-refractivity contribution >= 4 is 17.3 Å². The number of carbonyl (C=O) groups is 1. The smallest absolute Gasteiger partial charge is 0.228 e. The number of nitrogens with one attached hydrogen (secondary N) is 2. The minimum Gasteiger partial charge on any atom is -0.508 e. The van der Waals surface area contributed by atoms with E-state index in [0.29, 0.717) is 6.04 Å². The van der Waals surface area contributed by atoms with Crippen LogP contribution in [0.3, 0.4) is 0 Å². The standard InChI is InChI=1S/C20H24N2O3/c1-14-2-3-15(12-19(14)23)13-20(24)22-17-6-4-16(5-7-17)21-18-8-10-25-11-9-18/h2-7,12,18,21,23H,8-11,13H2,1H3,(H,22,24). The van der Waals surface area contributed by atoms with Gasteiger partial charge in [-0.05, 0) is 61.2 Å². The fourth-order valence-corrected chi connectivity index (χ4v) is 2.88. The normalized spacial score (nSPS) is 14.9. The van der Waals surface area contributed by atoms with E-state index in [0.717, 1.165) is 48.6 Å². The summed E-state index contributed by atoms with van der Waals surface area (Å²) in [6.07, 6.45) is 2.26. The summed E-state index contributed by atoms with van der Waals surface area (Å²) in [4.78, 5) is 12.2. The maximum atomic E-state index is 12.2. The van der Waals surface area contributed by atoms with Crippen LogP contribution in [0.15, 0.2) is 42.5 Å². The molecule has 2 aromatic carbocycles. The van der Waals surface area contributed by atoms with Crippen LogP contribution in [0.1, 0.15) is 24.0 Å². The Bertz CT molecular complexity index is 722. The molecule has 0 aliphatic carbocycles. The summed E-state index contributed by atoms with van der Waals surface area (Å²) in [7, 11) is 0. The van der Waals surface area contributed by atoms with Crippen molar-refractivity contribution in [3.63, 3.8) is 0 Å². The highest BCUT2D eigenvalue weighted by Crippen LogP contribution is 2.20. The summed E-state index contributed by atoms with van der Waals surface area (Å²) in [5.41, 5.74) is 3.40. The lowest BCUT2D eigenvalue weighted by molar-refractivity contribution is -0.115. The van der Waals surface area contributed by atoms with Gasteiger partial charge in [-0.1, -0.05) is 12.1 Å². The summed E-state index contributed by atoms with van der Waals surface area (Å²) >= 11 is 0. The molecule has 1 aliphatic rings. The van der Waals surface area contributed by atoms with E-state index in [4.69, 9.17) is 4.74 Å². The molecule has 5 nitrogen and oxygen atoms in total. The molecule has 5 heteroatoms. The second-order valence-corrected chi connectivity index (χ2v) is 6.45. The average molecular weight is 340 g/mol. The van der Waals surface area contributed by atoms with Crippen molar-refractivity contribution < 1.29 is 14.6 Å². The predicted octanol–water partition coefficient (Wildman–Crippen LogP) is 3.47. The average Bonchev–Trinajstić information content (AvgIpc) is 2.61. The number of phenolic OH excluding ortho intramolecular Hbond substituents is 1. The molecular formula is C20H24N2O3. The molecule has 0 saturated carbocycles. The molecule has 3 rings (SSSR count). The highest BCUT2D eigenvalue weighted by Gasteiger charge is 2.13. The molecule has 1 fully saturated rings. The van der Waals surface area contributed by atoms with E-state index >= 15 is 0 Å². The Hall–Kier alpha value is -2.53. The number of amides is 1. The minimum absolute atomic E-state index is 0.103. The molecule has 1 heterocycles. The zero-order chi connectivity index (χ0) is 17.6. The number of hydrogen-bond donors (Lipinski definition) is 3. The molecule has 0 radical (unpaired) electrons. The Kier molecular flexibility index (Phi) is 5.56. The SMILES string of the molecule is Cc1ccc(CC(=O)Nc2ccc(NC3CCOCC3)cc2)cc1O. The summed E-state index contributed by atoms with van der Waals surface area (Å²) in [5.74, 6) is 0.113. The molecular weight excluding hydrogens is 316 g/mol. The van der Waals surface area contributed by atoms with Gasteiger partial charge in [0.2, 0.25) is 5.91 Å². The fourth-order valence-electron chi connectivity index (χ4n) is 2.88. The maximum absolute atomic E-state index is 12.2. The van der Waals surface area contributed by atoms with Gasteiger partial charge in [-0.2, -0.15) is 0 Å². The Morgan fingerprint density at radius 3 is 2.48 bits per heavy atom. The first-order valence-corrected chi connectivity index (χ1v) is 8.63. The van der Waals surface area contributed by atoms with Crippen LogP contribution in [0, 0.1) is 6.92 Å². The number of rotatable bonds is 5. The number of carbonyl (C=O) groups excluding carboxylic acids is 1. The van der Waals surface area contributed by atoms with Gasteiger partial charge in [-0.3, -0.25) is 4.79 Å². The lowest BCUT2D eigenvalue weighted by Crippen LogP contribution is -2.27. The quantitative estimate of drug-likeness (QED) is 0.779. The van der Waals surface area contributed by atoms with Gasteiger partial charge < -0.3 is 20.5 Å². The Labute approximate surface area is 148 Å². The Morgan fingerprint density at radius 1 is 1.12 bits per heavy atom. The molecule has 2 aromatic rings. The summed E-state index contributed by atoms with van der Waals surface area (Å²) in [6, 6.07) is 13.5. The number of phenols is 1. The van der Waals surface area contributed by atoms with Gasteiger partial charge in [0, 0.05) is 30.6 Å². The van der Waals surface area contributed by atoms with E-state index in [9.17, 15) is 9.90 Å². The van der Waals surface area contributed by atoms with Crippen LogP contribution < -0.4 is 10.6 Å². The van der Waals surface area contributed by atoms with Crippen LogP contribution in [-0.2, 0) is 16.0 Å². The van der Waals surface area contributed by atoms with Crippen molar-refractivity contribution in [2.24, 2.45) is 0 Å². The zero-order valence-corrected chi connectivity index (χ0v) is 14.4. The minimum atomic E-state index is -0.103. The zero-order valence-electron chi connectivity index (χ0n) is 14.4. The first-order valence-electron chi connectivity index (χ1n) is 8.63. The second kappa shape index (κ2) is 8.03.